The van der Waals surface area contributed by atoms with Gasteiger partial charge in [0, 0.05) is 17.7 Å². The van der Waals surface area contributed by atoms with Crippen LogP contribution in [0.5, 0.6) is 0 Å². The zero-order valence-electron chi connectivity index (χ0n) is 16.1. The molecule has 0 radical (unpaired) electrons. The van der Waals surface area contributed by atoms with E-state index in [1.807, 2.05) is 13.0 Å². The molecule has 0 aliphatic heterocycles. The molecule has 29 heavy (non-hydrogen) atoms. The van der Waals surface area contributed by atoms with Crippen LogP contribution in [0.4, 0.5) is 11.4 Å². The average Bonchev–Trinajstić information content (AvgIpc) is 2.72. The number of benzene rings is 2. The number of aryl methyl sites for hydroxylation is 1. The van der Waals surface area contributed by atoms with Gasteiger partial charge in [0.1, 0.15) is 0 Å². The highest BCUT2D eigenvalue weighted by atomic mass is 79.9. The van der Waals surface area contributed by atoms with Gasteiger partial charge in [0.25, 0.3) is 0 Å². The summed E-state index contributed by atoms with van der Waals surface area (Å²) < 4.78 is 32.2. The fraction of sp³-hybridized carbons (Fsp3) is 0.143. The summed E-state index contributed by atoms with van der Waals surface area (Å²) in [6.07, 6.45) is 1.43. The van der Waals surface area contributed by atoms with Crippen molar-refractivity contribution in [3.05, 3.63) is 76.4 Å². The number of anilines is 2. The van der Waals surface area contributed by atoms with E-state index in [-0.39, 0.29) is 9.92 Å². The minimum atomic E-state index is -3.88. The number of hydrogen-bond acceptors (Lipinski definition) is 6. The second-order valence-electron chi connectivity index (χ2n) is 6.31. The van der Waals surface area contributed by atoms with E-state index < -0.39 is 15.8 Å². The lowest BCUT2D eigenvalue weighted by Crippen LogP contribution is -2.19. The van der Waals surface area contributed by atoms with Crippen molar-refractivity contribution in [1.82, 2.24) is 4.98 Å². The molecule has 0 N–H and O–H groups in total. The molecule has 1 heterocycles. The SMILES string of the molecule is COC(=O)c1cccc(C)c1N(C)c1cccnc1S(=O)(=O)c1ccc(Br)cc1. The summed E-state index contributed by atoms with van der Waals surface area (Å²) in [7, 11) is -0.872. The normalized spacial score (nSPS) is 11.2. The lowest BCUT2D eigenvalue weighted by molar-refractivity contribution is 0.0601. The Balaban J connectivity index is 2.18. The van der Waals surface area contributed by atoms with Crippen LogP contribution in [0.3, 0.4) is 0 Å². The Hall–Kier alpha value is -2.71. The molecule has 0 spiro atoms. The molecule has 0 aliphatic rings. The van der Waals surface area contributed by atoms with Crippen LogP contribution in [0.25, 0.3) is 0 Å². The predicted molar refractivity (Wildman–Crippen MR) is 114 cm³/mol. The van der Waals surface area contributed by atoms with Gasteiger partial charge in [-0.1, -0.05) is 28.1 Å². The van der Waals surface area contributed by atoms with Crippen molar-refractivity contribution >= 4 is 43.1 Å². The molecule has 0 unspecified atom stereocenters. The van der Waals surface area contributed by atoms with Crippen LogP contribution in [0.2, 0.25) is 0 Å². The van der Waals surface area contributed by atoms with Gasteiger partial charge in [-0.05, 0) is 55.0 Å². The van der Waals surface area contributed by atoms with Gasteiger partial charge < -0.3 is 9.64 Å². The molecule has 0 aliphatic carbocycles. The molecule has 2 aromatic carbocycles. The van der Waals surface area contributed by atoms with Crippen molar-refractivity contribution in [2.24, 2.45) is 0 Å². The van der Waals surface area contributed by atoms with Gasteiger partial charge in [0.2, 0.25) is 9.84 Å². The summed E-state index contributed by atoms with van der Waals surface area (Å²) in [5, 5.41) is -0.0936. The Labute approximate surface area is 178 Å². The Kier molecular flexibility index (Phi) is 6.04. The number of methoxy groups -OCH3 is 1. The highest BCUT2D eigenvalue weighted by molar-refractivity contribution is 9.10. The molecule has 0 fully saturated rings. The van der Waals surface area contributed by atoms with Crippen molar-refractivity contribution < 1.29 is 17.9 Å². The number of sulfone groups is 1. The molecule has 0 atom stereocenters. The van der Waals surface area contributed by atoms with Crippen molar-refractivity contribution in [3.63, 3.8) is 0 Å². The lowest BCUT2D eigenvalue weighted by Gasteiger charge is -2.25. The fourth-order valence-corrected chi connectivity index (χ4v) is 4.73. The number of ether oxygens (including phenoxy) is 1. The van der Waals surface area contributed by atoms with Crippen LogP contribution in [-0.4, -0.2) is 33.5 Å². The number of halogens is 1. The van der Waals surface area contributed by atoms with Crippen LogP contribution < -0.4 is 4.90 Å². The number of rotatable bonds is 5. The minimum Gasteiger partial charge on any atom is -0.465 e. The molecule has 1 aromatic heterocycles. The molecule has 0 bridgehead atoms. The molecule has 150 valence electrons. The van der Waals surface area contributed by atoms with Gasteiger partial charge in [0.15, 0.2) is 5.03 Å². The van der Waals surface area contributed by atoms with Crippen LogP contribution in [-0.2, 0) is 14.6 Å². The zero-order chi connectivity index (χ0) is 21.2. The van der Waals surface area contributed by atoms with Gasteiger partial charge in [0.05, 0.1) is 28.9 Å². The molecular weight excluding hydrogens is 456 g/mol. The maximum absolute atomic E-state index is 13.3. The Morgan fingerprint density at radius 1 is 1.07 bits per heavy atom. The first-order valence-corrected chi connectivity index (χ1v) is 10.9. The van der Waals surface area contributed by atoms with Crippen LogP contribution >= 0.6 is 15.9 Å². The van der Waals surface area contributed by atoms with Crippen molar-refractivity contribution in [2.45, 2.75) is 16.8 Å². The maximum atomic E-state index is 13.3. The lowest BCUT2D eigenvalue weighted by atomic mass is 10.1. The highest BCUT2D eigenvalue weighted by Gasteiger charge is 2.27. The zero-order valence-corrected chi connectivity index (χ0v) is 18.5. The number of para-hydroxylation sites is 1. The molecule has 6 nitrogen and oxygen atoms in total. The van der Waals surface area contributed by atoms with Gasteiger partial charge in [-0.3, -0.25) is 0 Å². The third-order valence-electron chi connectivity index (χ3n) is 4.47. The molecule has 3 aromatic rings. The number of hydrogen-bond donors (Lipinski definition) is 0. The van der Waals surface area contributed by atoms with Gasteiger partial charge in [-0.2, -0.15) is 0 Å². The average molecular weight is 475 g/mol. The van der Waals surface area contributed by atoms with Crippen LogP contribution in [0.1, 0.15) is 15.9 Å². The summed E-state index contributed by atoms with van der Waals surface area (Å²) in [4.78, 5) is 18.2. The Morgan fingerprint density at radius 3 is 2.41 bits per heavy atom. The molecule has 0 saturated heterocycles. The van der Waals surface area contributed by atoms with E-state index in [1.54, 1.807) is 48.3 Å². The Morgan fingerprint density at radius 2 is 1.76 bits per heavy atom. The number of carbonyl (C=O) groups excluding carboxylic acids is 1. The Bertz CT molecular complexity index is 1160. The van der Waals surface area contributed by atoms with E-state index in [1.165, 1.54) is 25.4 Å². The van der Waals surface area contributed by atoms with Crippen LogP contribution in [0.15, 0.2) is 75.2 Å². The van der Waals surface area contributed by atoms with E-state index in [0.29, 0.717) is 16.9 Å². The first-order valence-electron chi connectivity index (χ1n) is 8.64. The molecule has 3 rings (SSSR count). The van der Waals surface area contributed by atoms with E-state index in [9.17, 15) is 13.2 Å². The molecule has 0 amide bonds. The summed E-state index contributed by atoms with van der Waals surface area (Å²) in [5.74, 6) is -0.503. The van der Waals surface area contributed by atoms with Crippen molar-refractivity contribution in [2.75, 3.05) is 19.1 Å². The number of carbonyl (C=O) groups is 1. The van der Waals surface area contributed by atoms with Gasteiger partial charge in [-0.25, -0.2) is 18.2 Å². The second kappa shape index (κ2) is 8.34. The topological polar surface area (TPSA) is 76.6 Å². The van der Waals surface area contributed by atoms with Crippen LogP contribution in [0, 0.1) is 6.92 Å². The third-order valence-corrected chi connectivity index (χ3v) is 6.71. The first kappa shape index (κ1) is 21.0. The summed E-state index contributed by atoms with van der Waals surface area (Å²) in [5.41, 5.74) is 2.05. The van der Waals surface area contributed by atoms with E-state index in [4.69, 9.17) is 4.74 Å². The fourth-order valence-electron chi connectivity index (χ4n) is 3.07. The number of pyridine rings is 1. The summed E-state index contributed by atoms with van der Waals surface area (Å²) in [6, 6.07) is 14.9. The van der Waals surface area contributed by atoms with E-state index in [2.05, 4.69) is 20.9 Å². The third kappa shape index (κ3) is 4.04. The van der Waals surface area contributed by atoms with E-state index in [0.717, 1.165) is 10.0 Å². The molecular formula is C21H19BrN2O4S. The molecule has 8 heteroatoms. The smallest absolute Gasteiger partial charge is 0.339 e. The standard InChI is InChI=1S/C21H19BrN2O4S/c1-14-6-4-7-17(21(25)28-3)19(14)24(2)18-8-5-13-23-20(18)29(26,27)16-11-9-15(22)10-12-16/h4-13H,1-3H3. The van der Waals surface area contributed by atoms with E-state index >= 15 is 0 Å². The summed E-state index contributed by atoms with van der Waals surface area (Å²) in [6.45, 7) is 1.84. The van der Waals surface area contributed by atoms with Gasteiger partial charge >= 0.3 is 5.97 Å². The maximum Gasteiger partial charge on any atom is 0.339 e. The second-order valence-corrected chi connectivity index (χ2v) is 9.09. The monoisotopic (exact) mass is 474 g/mol. The first-order chi connectivity index (χ1) is 13.8. The quantitative estimate of drug-likeness (QED) is 0.505. The number of nitrogens with zero attached hydrogens (tertiary/aromatic N) is 2. The summed E-state index contributed by atoms with van der Waals surface area (Å²) >= 11 is 3.31. The van der Waals surface area contributed by atoms with Gasteiger partial charge in [-0.15, -0.1) is 0 Å². The number of aromatic nitrogens is 1. The largest absolute Gasteiger partial charge is 0.465 e. The highest BCUT2D eigenvalue weighted by Crippen LogP contribution is 2.35. The van der Waals surface area contributed by atoms with Crippen molar-refractivity contribution in [1.29, 1.82) is 0 Å². The predicted octanol–water partition coefficient (Wildman–Crippen LogP) is 4.54. The number of esters is 1. The van der Waals surface area contributed by atoms with Crippen molar-refractivity contribution in [3.8, 4) is 0 Å². The minimum absolute atomic E-state index is 0.0936. The molecule has 0 saturated carbocycles.